The lowest BCUT2D eigenvalue weighted by Crippen LogP contribution is -2.15. The topological polar surface area (TPSA) is 140 Å². The first kappa shape index (κ1) is 31.1. The minimum absolute atomic E-state index is 0.0411. The van der Waals surface area contributed by atoms with Gasteiger partial charge in [-0.2, -0.15) is 0 Å². The van der Waals surface area contributed by atoms with Crippen molar-refractivity contribution in [2.75, 3.05) is 5.73 Å². The molecule has 0 saturated heterocycles. The number of carbonyl (C=O) groups excluding carboxylic acids is 1. The number of fused-ring (bicyclic) bond motifs is 3. The van der Waals surface area contributed by atoms with Gasteiger partial charge in [-0.15, -0.1) is 0 Å². The molecule has 0 unspecified atom stereocenters. The van der Waals surface area contributed by atoms with Crippen LogP contribution in [0.1, 0.15) is 77.8 Å². The number of carbonyl (C=O) groups is 1. The normalized spacial score (nSPS) is 10.9. The molecule has 0 atom stereocenters. The number of pyridine rings is 1. The Morgan fingerprint density at radius 1 is 1.13 bits per heavy atom. The van der Waals surface area contributed by atoms with Gasteiger partial charge in [-0.25, -0.2) is 9.97 Å². The van der Waals surface area contributed by atoms with E-state index in [0.29, 0.717) is 23.4 Å². The Bertz CT molecular complexity index is 1440. The third kappa shape index (κ3) is 7.07. The van der Waals surface area contributed by atoms with Gasteiger partial charge in [0.15, 0.2) is 17.3 Å². The van der Waals surface area contributed by atoms with E-state index in [2.05, 4.69) is 62.8 Å². The summed E-state index contributed by atoms with van der Waals surface area (Å²) in [7, 11) is 0. The summed E-state index contributed by atoms with van der Waals surface area (Å²) in [5, 5.41) is 21.4. The molecular formula is C31H43N5O3. The van der Waals surface area contributed by atoms with Gasteiger partial charge in [-0.05, 0) is 42.0 Å². The maximum Gasteiger partial charge on any atom is 0.240 e. The molecule has 0 spiro atoms. The summed E-state index contributed by atoms with van der Waals surface area (Å²) in [6.45, 7) is 16.3. The monoisotopic (exact) mass is 533 g/mol. The molecule has 0 aliphatic carbocycles. The van der Waals surface area contributed by atoms with Crippen LogP contribution in [0, 0.1) is 0 Å². The zero-order chi connectivity index (χ0) is 29.3. The molecule has 210 valence electrons. The molecule has 4 rings (SSSR count). The number of aryl methyl sites for hydroxylation is 1. The second kappa shape index (κ2) is 13.6. The van der Waals surface area contributed by atoms with Crippen molar-refractivity contribution in [2.24, 2.45) is 5.73 Å². The number of unbranched alkanes of at least 4 members (excludes halogenated alkanes) is 1. The molecule has 0 aliphatic heterocycles. The Hall–Kier alpha value is -4.07. The summed E-state index contributed by atoms with van der Waals surface area (Å²) >= 11 is 0. The Morgan fingerprint density at radius 2 is 1.79 bits per heavy atom. The number of nitrogen functional groups attached to an aromatic ring is 1. The lowest BCUT2D eigenvalue weighted by Gasteiger charge is -2.23. The van der Waals surface area contributed by atoms with Crippen molar-refractivity contribution in [1.29, 1.82) is 0 Å². The molecule has 39 heavy (non-hydrogen) atoms. The number of phenols is 2. The Balaban J connectivity index is 0.000000686. The number of hydrogen-bond donors (Lipinski definition) is 4. The van der Waals surface area contributed by atoms with Crippen LogP contribution in [-0.4, -0.2) is 30.7 Å². The first-order chi connectivity index (χ1) is 18.5. The van der Waals surface area contributed by atoms with Gasteiger partial charge in [-0.3, -0.25) is 4.79 Å². The van der Waals surface area contributed by atoms with Crippen LogP contribution >= 0.6 is 0 Å². The minimum atomic E-state index is -0.481. The highest BCUT2D eigenvalue weighted by molar-refractivity contribution is 6.06. The first-order valence-electron chi connectivity index (χ1n) is 13.5. The lowest BCUT2D eigenvalue weighted by atomic mass is 9.82. The van der Waals surface area contributed by atoms with Crippen molar-refractivity contribution < 1.29 is 15.0 Å². The molecule has 0 saturated carbocycles. The highest BCUT2D eigenvalue weighted by Crippen LogP contribution is 2.35. The van der Waals surface area contributed by atoms with Gasteiger partial charge in [0.25, 0.3) is 0 Å². The number of aromatic nitrogens is 3. The number of anilines is 1. The van der Waals surface area contributed by atoms with Gasteiger partial charge >= 0.3 is 0 Å². The predicted molar refractivity (Wildman–Crippen MR) is 161 cm³/mol. The van der Waals surface area contributed by atoms with Crippen molar-refractivity contribution >= 4 is 33.7 Å². The predicted octanol–water partition coefficient (Wildman–Crippen LogP) is 6.34. The van der Waals surface area contributed by atoms with E-state index in [0.717, 1.165) is 54.0 Å². The molecule has 8 nitrogen and oxygen atoms in total. The standard InChI is InChI=1S/C26H32N4O2.C3H5NO.C2H6/c1-5-7-11-21-29-22-23(30(21)15-16-9-8-10-20(31)24(16)32)18-13-12-17(26(3,4)6-2)14-19(18)28-25(22)27;1-2-3(4)5;1-2/h8-10,12-14,31-32H,5-7,11,15H2,1-4H3,(H2,27,28);2H,1H2,(H2,4,5);1-2H3. The number of para-hydroxylation sites is 1. The maximum absolute atomic E-state index is 10.4. The maximum atomic E-state index is 10.4. The summed E-state index contributed by atoms with van der Waals surface area (Å²) in [5.74, 6) is 0.609. The van der Waals surface area contributed by atoms with E-state index < -0.39 is 5.91 Å². The Morgan fingerprint density at radius 3 is 2.38 bits per heavy atom. The van der Waals surface area contributed by atoms with Crippen LogP contribution in [0.25, 0.3) is 21.9 Å². The molecule has 0 bridgehead atoms. The Kier molecular flexibility index (Phi) is 10.9. The minimum Gasteiger partial charge on any atom is -0.504 e. The van der Waals surface area contributed by atoms with Crippen molar-refractivity contribution in [3.05, 3.63) is 66.0 Å². The summed E-state index contributed by atoms with van der Waals surface area (Å²) in [5.41, 5.74) is 15.3. The van der Waals surface area contributed by atoms with E-state index in [1.54, 1.807) is 6.07 Å². The number of phenolic OH excluding ortho intramolecular Hbond substituents is 2. The second-order valence-corrected chi connectivity index (χ2v) is 9.77. The summed E-state index contributed by atoms with van der Waals surface area (Å²) < 4.78 is 2.12. The molecule has 2 aromatic heterocycles. The third-order valence-electron chi connectivity index (χ3n) is 6.83. The fourth-order valence-electron chi connectivity index (χ4n) is 4.15. The molecule has 0 fully saturated rings. The van der Waals surface area contributed by atoms with Crippen LogP contribution in [0.15, 0.2) is 49.1 Å². The molecule has 2 aromatic carbocycles. The van der Waals surface area contributed by atoms with Gasteiger partial charge in [0.1, 0.15) is 11.3 Å². The third-order valence-corrected chi connectivity index (χ3v) is 6.83. The average Bonchev–Trinajstić information content (AvgIpc) is 3.30. The van der Waals surface area contributed by atoms with Crippen LogP contribution in [0.5, 0.6) is 11.5 Å². The highest BCUT2D eigenvalue weighted by atomic mass is 16.3. The largest absolute Gasteiger partial charge is 0.504 e. The van der Waals surface area contributed by atoms with E-state index in [9.17, 15) is 15.0 Å². The number of nitrogens with zero attached hydrogens (tertiary/aromatic N) is 3. The molecule has 0 radical (unpaired) electrons. The summed E-state index contributed by atoms with van der Waals surface area (Å²) in [4.78, 5) is 19.0. The summed E-state index contributed by atoms with van der Waals surface area (Å²) in [6, 6.07) is 11.4. The number of amides is 1. The van der Waals surface area contributed by atoms with Crippen molar-refractivity contribution in [3.8, 4) is 11.5 Å². The van der Waals surface area contributed by atoms with Gasteiger partial charge in [-0.1, -0.05) is 78.8 Å². The fraction of sp³-hybridized carbons (Fsp3) is 0.387. The van der Waals surface area contributed by atoms with Crippen LogP contribution in [0.2, 0.25) is 0 Å². The van der Waals surface area contributed by atoms with Crippen LogP contribution < -0.4 is 11.5 Å². The van der Waals surface area contributed by atoms with E-state index >= 15 is 0 Å². The van der Waals surface area contributed by atoms with Crippen LogP contribution in [-0.2, 0) is 23.2 Å². The number of imidazole rings is 1. The smallest absolute Gasteiger partial charge is 0.240 e. The summed E-state index contributed by atoms with van der Waals surface area (Å²) in [6.07, 6.45) is 4.92. The number of hydrogen-bond acceptors (Lipinski definition) is 6. The average molecular weight is 534 g/mol. The lowest BCUT2D eigenvalue weighted by molar-refractivity contribution is -0.113. The van der Waals surface area contributed by atoms with Gasteiger partial charge in [0.2, 0.25) is 5.91 Å². The van der Waals surface area contributed by atoms with Crippen molar-refractivity contribution in [1.82, 2.24) is 14.5 Å². The van der Waals surface area contributed by atoms with Gasteiger partial charge in [0, 0.05) is 17.4 Å². The van der Waals surface area contributed by atoms with Crippen LogP contribution in [0.3, 0.4) is 0 Å². The molecule has 6 N–H and O–H groups in total. The molecule has 4 aromatic rings. The van der Waals surface area contributed by atoms with E-state index in [4.69, 9.17) is 15.7 Å². The van der Waals surface area contributed by atoms with Gasteiger partial charge < -0.3 is 26.2 Å². The van der Waals surface area contributed by atoms with E-state index in [-0.39, 0.29) is 16.9 Å². The van der Waals surface area contributed by atoms with Crippen LogP contribution in [0.4, 0.5) is 5.82 Å². The number of nitrogens with two attached hydrogens (primary N) is 2. The molecular weight excluding hydrogens is 490 g/mol. The molecule has 8 heteroatoms. The fourth-order valence-corrected chi connectivity index (χ4v) is 4.15. The zero-order valence-electron chi connectivity index (χ0n) is 24.1. The van der Waals surface area contributed by atoms with E-state index in [1.165, 1.54) is 11.6 Å². The zero-order valence-corrected chi connectivity index (χ0v) is 24.1. The number of rotatable bonds is 8. The molecule has 2 heterocycles. The molecule has 0 aliphatic rings. The second-order valence-electron chi connectivity index (χ2n) is 9.77. The van der Waals surface area contributed by atoms with Crippen molar-refractivity contribution in [2.45, 2.75) is 79.2 Å². The quantitative estimate of drug-likeness (QED) is 0.154. The molecule has 1 amide bonds. The highest BCUT2D eigenvalue weighted by Gasteiger charge is 2.22. The van der Waals surface area contributed by atoms with Gasteiger partial charge in [0.05, 0.1) is 17.6 Å². The Labute approximate surface area is 231 Å². The number of aromatic hydroxyl groups is 2. The van der Waals surface area contributed by atoms with E-state index in [1.807, 2.05) is 19.9 Å². The first-order valence-corrected chi connectivity index (χ1v) is 13.5. The SMILES string of the molecule is C=CC(N)=O.CC.CCCCc1nc2c(N)nc3cc(C(C)(C)CC)ccc3c2n1Cc1cccc(O)c1O. The number of primary amides is 1. The van der Waals surface area contributed by atoms with Crippen molar-refractivity contribution in [3.63, 3.8) is 0 Å². The number of benzene rings is 2.